The Morgan fingerprint density at radius 2 is 1.90 bits per heavy atom. The summed E-state index contributed by atoms with van der Waals surface area (Å²) in [7, 11) is 0. The maximum Gasteiger partial charge on any atom is 0.311 e. The van der Waals surface area contributed by atoms with E-state index in [1.165, 1.54) is 0 Å². The van der Waals surface area contributed by atoms with E-state index in [4.69, 9.17) is 14.2 Å². The Morgan fingerprint density at radius 3 is 2.57 bits per heavy atom. The number of carbonyl (C=O) groups is 1. The predicted octanol–water partition coefficient (Wildman–Crippen LogP) is 1.55. The molecule has 0 radical (unpaired) electrons. The van der Waals surface area contributed by atoms with Gasteiger partial charge in [0.25, 0.3) is 6.35 Å². The van der Waals surface area contributed by atoms with Crippen LogP contribution in [0.4, 0.5) is 0 Å². The van der Waals surface area contributed by atoms with Gasteiger partial charge in [-0.15, -0.1) is 6.58 Å². The van der Waals surface area contributed by atoms with Crippen LogP contribution in [-0.2, 0) is 19.0 Å². The first-order valence-electron chi connectivity index (χ1n) is 7.38. The summed E-state index contributed by atoms with van der Waals surface area (Å²) in [6, 6.07) is 0. The second-order valence-corrected chi connectivity index (χ2v) is 4.49. The van der Waals surface area contributed by atoms with E-state index in [1.807, 2.05) is 36.0 Å². The van der Waals surface area contributed by atoms with Gasteiger partial charge in [0.15, 0.2) is 0 Å². The fraction of sp³-hybridized carbons (Fsp3) is 0.667. The van der Waals surface area contributed by atoms with Gasteiger partial charge in [0.1, 0.15) is 0 Å². The Balaban J connectivity index is 2.26. The SMILES string of the molecule is C=CCN1C=CN(CC)C1OC(=O)CCOCCOCC. The highest BCUT2D eigenvalue weighted by Gasteiger charge is 2.27. The van der Waals surface area contributed by atoms with Crippen molar-refractivity contribution in [3.63, 3.8) is 0 Å². The third-order valence-electron chi connectivity index (χ3n) is 2.99. The van der Waals surface area contributed by atoms with Crippen molar-refractivity contribution in [1.82, 2.24) is 9.80 Å². The van der Waals surface area contributed by atoms with E-state index in [2.05, 4.69) is 6.58 Å². The topological polar surface area (TPSA) is 51.2 Å². The van der Waals surface area contributed by atoms with Gasteiger partial charge < -0.3 is 24.0 Å². The number of hydrogen-bond acceptors (Lipinski definition) is 6. The Bertz CT molecular complexity index is 347. The molecule has 0 amide bonds. The average molecular weight is 298 g/mol. The minimum Gasteiger partial charge on any atom is -0.422 e. The quantitative estimate of drug-likeness (QED) is 0.328. The highest BCUT2D eigenvalue weighted by molar-refractivity contribution is 5.69. The fourth-order valence-corrected chi connectivity index (χ4v) is 1.90. The lowest BCUT2D eigenvalue weighted by atomic mass is 10.4. The van der Waals surface area contributed by atoms with E-state index in [-0.39, 0.29) is 18.7 Å². The summed E-state index contributed by atoms with van der Waals surface area (Å²) in [5.74, 6) is -0.271. The highest BCUT2D eigenvalue weighted by Crippen LogP contribution is 2.17. The molecule has 21 heavy (non-hydrogen) atoms. The molecule has 0 aromatic rings. The van der Waals surface area contributed by atoms with Crippen molar-refractivity contribution in [2.75, 3.05) is 39.5 Å². The molecular weight excluding hydrogens is 272 g/mol. The Morgan fingerprint density at radius 1 is 1.19 bits per heavy atom. The maximum absolute atomic E-state index is 11.9. The minimum absolute atomic E-state index is 0.238. The standard InChI is InChI=1S/C15H26N2O4/c1-4-8-17-10-9-16(5-2)15(17)21-14(18)7-11-20-13-12-19-6-3/h4,9-10,15H,1,5-8,11-13H2,2-3H3. The minimum atomic E-state index is -0.385. The van der Waals surface area contributed by atoms with Crippen LogP contribution in [0.5, 0.6) is 0 Å². The average Bonchev–Trinajstić information content (AvgIpc) is 2.85. The summed E-state index contributed by atoms with van der Waals surface area (Å²) in [4.78, 5) is 15.7. The molecule has 6 nitrogen and oxygen atoms in total. The van der Waals surface area contributed by atoms with Gasteiger partial charge in [-0.05, 0) is 13.8 Å². The molecule has 1 atom stereocenters. The Labute approximate surface area is 126 Å². The molecular formula is C15H26N2O4. The van der Waals surface area contributed by atoms with Gasteiger partial charge in [-0.2, -0.15) is 0 Å². The van der Waals surface area contributed by atoms with Gasteiger partial charge in [-0.1, -0.05) is 6.08 Å². The summed E-state index contributed by atoms with van der Waals surface area (Å²) in [6.07, 6.45) is 5.45. The molecule has 0 saturated carbocycles. The molecule has 0 N–H and O–H groups in total. The van der Waals surface area contributed by atoms with E-state index in [0.717, 1.165) is 6.54 Å². The lowest BCUT2D eigenvalue weighted by Crippen LogP contribution is -2.42. The lowest BCUT2D eigenvalue weighted by Gasteiger charge is -2.30. The number of esters is 1. The van der Waals surface area contributed by atoms with Crippen LogP contribution in [0.2, 0.25) is 0 Å². The largest absolute Gasteiger partial charge is 0.422 e. The number of ether oxygens (including phenoxy) is 3. The number of nitrogens with zero attached hydrogens (tertiary/aromatic N) is 2. The van der Waals surface area contributed by atoms with Crippen molar-refractivity contribution >= 4 is 5.97 Å². The van der Waals surface area contributed by atoms with Gasteiger partial charge in [-0.25, -0.2) is 0 Å². The zero-order valence-corrected chi connectivity index (χ0v) is 13.0. The molecule has 1 unspecified atom stereocenters. The number of carbonyl (C=O) groups excluding carboxylic acids is 1. The first kappa shape index (κ1) is 17.5. The van der Waals surface area contributed by atoms with Crippen molar-refractivity contribution < 1.29 is 19.0 Å². The predicted molar refractivity (Wildman–Crippen MR) is 80.2 cm³/mol. The zero-order chi connectivity index (χ0) is 15.5. The van der Waals surface area contributed by atoms with Gasteiger partial charge in [0.2, 0.25) is 0 Å². The van der Waals surface area contributed by atoms with E-state index in [0.29, 0.717) is 33.0 Å². The zero-order valence-electron chi connectivity index (χ0n) is 13.0. The molecule has 1 aliphatic rings. The highest BCUT2D eigenvalue weighted by atomic mass is 16.6. The molecule has 0 aliphatic carbocycles. The summed E-state index contributed by atoms with van der Waals surface area (Å²) in [5.41, 5.74) is 0. The molecule has 0 fully saturated rings. The maximum atomic E-state index is 11.9. The van der Waals surface area contributed by atoms with Crippen molar-refractivity contribution in [2.45, 2.75) is 26.6 Å². The summed E-state index contributed by atoms with van der Waals surface area (Å²) < 4.78 is 16.0. The Kier molecular flexibility index (Phi) is 8.54. The molecule has 0 spiro atoms. The van der Waals surface area contributed by atoms with Crippen molar-refractivity contribution in [3.8, 4) is 0 Å². The monoisotopic (exact) mass is 298 g/mol. The van der Waals surface area contributed by atoms with Gasteiger partial charge in [-0.3, -0.25) is 4.79 Å². The van der Waals surface area contributed by atoms with E-state index >= 15 is 0 Å². The third kappa shape index (κ3) is 6.18. The van der Waals surface area contributed by atoms with Crippen molar-refractivity contribution in [3.05, 3.63) is 25.1 Å². The van der Waals surface area contributed by atoms with Gasteiger partial charge >= 0.3 is 5.97 Å². The first-order valence-corrected chi connectivity index (χ1v) is 7.38. The van der Waals surface area contributed by atoms with Gasteiger partial charge in [0.05, 0.1) is 26.2 Å². The summed E-state index contributed by atoms with van der Waals surface area (Å²) >= 11 is 0. The van der Waals surface area contributed by atoms with Crippen LogP contribution in [0.1, 0.15) is 20.3 Å². The second kappa shape index (κ2) is 10.2. The van der Waals surface area contributed by atoms with Crippen LogP contribution >= 0.6 is 0 Å². The fourth-order valence-electron chi connectivity index (χ4n) is 1.90. The van der Waals surface area contributed by atoms with E-state index in [1.54, 1.807) is 6.08 Å². The summed E-state index contributed by atoms with van der Waals surface area (Å²) in [5, 5.41) is 0. The van der Waals surface area contributed by atoms with Crippen molar-refractivity contribution in [1.29, 1.82) is 0 Å². The van der Waals surface area contributed by atoms with E-state index < -0.39 is 0 Å². The molecule has 1 rings (SSSR count). The van der Waals surface area contributed by atoms with Crippen LogP contribution < -0.4 is 0 Å². The van der Waals surface area contributed by atoms with Crippen molar-refractivity contribution in [2.24, 2.45) is 0 Å². The van der Waals surface area contributed by atoms with Crippen LogP contribution in [0.15, 0.2) is 25.1 Å². The van der Waals surface area contributed by atoms with Gasteiger partial charge in [0, 0.05) is 32.1 Å². The Hall–Kier alpha value is -1.53. The molecule has 0 saturated heterocycles. The second-order valence-electron chi connectivity index (χ2n) is 4.49. The number of rotatable bonds is 11. The van der Waals surface area contributed by atoms with E-state index in [9.17, 15) is 4.79 Å². The van der Waals surface area contributed by atoms with Crippen LogP contribution in [0, 0.1) is 0 Å². The molecule has 1 heterocycles. The molecule has 120 valence electrons. The molecule has 6 heteroatoms. The first-order chi connectivity index (χ1) is 10.2. The number of hydrogen-bond donors (Lipinski definition) is 0. The van der Waals surface area contributed by atoms with Crippen LogP contribution in [0.3, 0.4) is 0 Å². The molecule has 0 bridgehead atoms. The molecule has 0 aromatic carbocycles. The third-order valence-corrected chi connectivity index (χ3v) is 2.99. The lowest BCUT2D eigenvalue weighted by molar-refractivity contribution is -0.168. The molecule has 1 aliphatic heterocycles. The summed E-state index contributed by atoms with van der Waals surface area (Å²) in [6.45, 7) is 11.1. The normalized spacial score (nSPS) is 17.3. The van der Waals surface area contributed by atoms with Crippen LogP contribution in [0.25, 0.3) is 0 Å². The van der Waals surface area contributed by atoms with Crippen LogP contribution in [-0.4, -0.2) is 61.6 Å². The smallest absolute Gasteiger partial charge is 0.311 e. The molecule has 0 aromatic heterocycles.